The average molecular weight is 336 g/mol. The summed E-state index contributed by atoms with van der Waals surface area (Å²) in [6.45, 7) is 1.97. The van der Waals surface area contributed by atoms with Gasteiger partial charge in [0.15, 0.2) is 6.29 Å². The Labute approximate surface area is 146 Å². The van der Waals surface area contributed by atoms with Crippen LogP contribution in [-0.2, 0) is 9.47 Å². The monoisotopic (exact) mass is 336 g/mol. The summed E-state index contributed by atoms with van der Waals surface area (Å²) in [7, 11) is 3.28. The molecule has 2 atom stereocenters. The van der Waals surface area contributed by atoms with Gasteiger partial charge in [0.1, 0.15) is 17.6 Å². The number of rotatable bonds is 3. The van der Waals surface area contributed by atoms with Crippen molar-refractivity contribution in [1.82, 2.24) is 0 Å². The molecular weight excluding hydrogens is 316 g/mol. The zero-order valence-corrected chi connectivity index (χ0v) is 14.4. The van der Waals surface area contributed by atoms with Gasteiger partial charge < -0.3 is 19.3 Å². The molecule has 1 heterocycles. The molecule has 0 unspecified atom stereocenters. The van der Waals surface area contributed by atoms with Crippen molar-refractivity contribution in [3.63, 3.8) is 0 Å². The zero-order chi connectivity index (χ0) is 17.6. The molecule has 0 bridgehead atoms. The Morgan fingerprint density at radius 3 is 2.64 bits per heavy atom. The van der Waals surface area contributed by atoms with Gasteiger partial charge in [-0.3, -0.25) is 0 Å². The van der Waals surface area contributed by atoms with Crippen molar-refractivity contribution in [2.24, 2.45) is 0 Å². The minimum absolute atomic E-state index is 0.276. The van der Waals surface area contributed by atoms with Crippen molar-refractivity contribution >= 4 is 10.8 Å². The first kappa shape index (κ1) is 15.9. The largest absolute Gasteiger partial charge is 0.507 e. The van der Waals surface area contributed by atoms with Crippen LogP contribution in [0.1, 0.15) is 34.6 Å². The van der Waals surface area contributed by atoms with Crippen molar-refractivity contribution in [2.45, 2.75) is 19.3 Å². The smallest absolute Gasteiger partial charge is 0.185 e. The van der Waals surface area contributed by atoms with E-state index in [2.05, 4.69) is 6.07 Å². The first-order valence-electron chi connectivity index (χ1n) is 8.20. The minimum Gasteiger partial charge on any atom is -0.507 e. The Morgan fingerprint density at radius 2 is 1.88 bits per heavy atom. The molecule has 1 aliphatic rings. The highest BCUT2D eigenvalue weighted by molar-refractivity contribution is 5.89. The van der Waals surface area contributed by atoms with Crippen molar-refractivity contribution in [1.29, 1.82) is 0 Å². The van der Waals surface area contributed by atoms with E-state index in [9.17, 15) is 5.11 Å². The molecule has 0 fully saturated rings. The molecule has 3 aromatic rings. The molecule has 4 rings (SSSR count). The first-order valence-corrected chi connectivity index (χ1v) is 8.20. The van der Waals surface area contributed by atoms with Gasteiger partial charge in [0.05, 0.1) is 7.11 Å². The molecule has 4 heteroatoms. The summed E-state index contributed by atoms with van der Waals surface area (Å²) in [5.74, 6) is 1.05. The van der Waals surface area contributed by atoms with E-state index >= 15 is 0 Å². The predicted molar refractivity (Wildman–Crippen MR) is 96.0 cm³/mol. The van der Waals surface area contributed by atoms with E-state index in [0.717, 1.165) is 38.8 Å². The van der Waals surface area contributed by atoms with Crippen molar-refractivity contribution < 1.29 is 19.3 Å². The molecule has 0 aromatic heterocycles. The molecule has 1 aliphatic heterocycles. The molecule has 0 amide bonds. The van der Waals surface area contributed by atoms with Crippen LogP contribution in [0.25, 0.3) is 10.8 Å². The first-order chi connectivity index (χ1) is 12.1. The van der Waals surface area contributed by atoms with Gasteiger partial charge in [0, 0.05) is 23.6 Å². The lowest BCUT2D eigenvalue weighted by molar-refractivity contribution is -0.132. The number of hydrogen-bond acceptors (Lipinski definition) is 4. The lowest BCUT2D eigenvalue weighted by Crippen LogP contribution is -2.02. The Hall–Kier alpha value is -2.56. The third-order valence-electron chi connectivity index (χ3n) is 4.71. The molecular formula is C21H20O4. The van der Waals surface area contributed by atoms with Crippen LogP contribution < -0.4 is 4.74 Å². The number of methoxy groups -OCH3 is 2. The topological polar surface area (TPSA) is 47.9 Å². The highest BCUT2D eigenvalue weighted by Crippen LogP contribution is 2.47. The lowest BCUT2D eigenvalue weighted by Gasteiger charge is -2.16. The number of phenolic OH excluding ortho intramolecular Hbond substituents is 1. The van der Waals surface area contributed by atoms with Crippen molar-refractivity contribution in [3.8, 4) is 11.5 Å². The summed E-state index contributed by atoms with van der Waals surface area (Å²) in [5.41, 5.74) is 3.93. The van der Waals surface area contributed by atoms with Gasteiger partial charge in [0.2, 0.25) is 0 Å². The Kier molecular flexibility index (Phi) is 3.86. The lowest BCUT2D eigenvalue weighted by atomic mass is 9.95. The number of benzene rings is 3. The van der Waals surface area contributed by atoms with E-state index in [-0.39, 0.29) is 11.9 Å². The van der Waals surface area contributed by atoms with Crippen LogP contribution in [0, 0.1) is 6.92 Å². The van der Waals surface area contributed by atoms with E-state index in [1.807, 2.05) is 43.3 Å². The number of aromatic hydroxyl groups is 1. The molecule has 1 N–H and O–H groups in total. The second kappa shape index (κ2) is 6.06. The van der Waals surface area contributed by atoms with Crippen LogP contribution in [0.5, 0.6) is 11.5 Å². The fourth-order valence-corrected chi connectivity index (χ4v) is 3.58. The zero-order valence-electron chi connectivity index (χ0n) is 14.4. The highest BCUT2D eigenvalue weighted by Gasteiger charge is 2.35. The number of phenols is 1. The van der Waals surface area contributed by atoms with E-state index in [4.69, 9.17) is 14.2 Å². The molecule has 0 radical (unpaired) electrons. The normalized spacial score (nSPS) is 19.2. The van der Waals surface area contributed by atoms with Crippen LogP contribution in [0.4, 0.5) is 0 Å². The van der Waals surface area contributed by atoms with E-state index < -0.39 is 6.29 Å². The Bertz CT molecular complexity index is 948. The van der Waals surface area contributed by atoms with Crippen LogP contribution in [-0.4, -0.2) is 19.3 Å². The summed E-state index contributed by atoms with van der Waals surface area (Å²) in [6.07, 6.45) is -0.737. The molecule has 0 saturated heterocycles. The van der Waals surface area contributed by atoms with Gasteiger partial charge in [-0.25, -0.2) is 0 Å². The van der Waals surface area contributed by atoms with E-state index in [1.54, 1.807) is 20.3 Å². The second-order valence-corrected chi connectivity index (χ2v) is 6.31. The van der Waals surface area contributed by atoms with Crippen molar-refractivity contribution in [2.75, 3.05) is 14.2 Å². The summed E-state index contributed by atoms with van der Waals surface area (Å²) in [6, 6.07) is 15.7. The summed E-state index contributed by atoms with van der Waals surface area (Å²) < 4.78 is 17.2. The highest BCUT2D eigenvalue weighted by atomic mass is 16.7. The van der Waals surface area contributed by atoms with Crippen LogP contribution in [0.3, 0.4) is 0 Å². The fourth-order valence-electron chi connectivity index (χ4n) is 3.58. The van der Waals surface area contributed by atoms with Crippen LogP contribution in [0.2, 0.25) is 0 Å². The molecule has 0 spiro atoms. The van der Waals surface area contributed by atoms with Crippen LogP contribution >= 0.6 is 0 Å². The maximum absolute atomic E-state index is 10.3. The Morgan fingerprint density at radius 1 is 1.04 bits per heavy atom. The summed E-state index contributed by atoms with van der Waals surface area (Å²) >= 11 is 0. The van der Waals surface area contributed by atoms with Gasteiger partial charge >= 0.3 is 0 Å². The van der Waals surface area contributed by atoms with Gasteiger partial charge in [-0.2, -0.15) is 0 Å². The number of aryl methyl sites for hydroxylation is 1. The third-order valence-corrected chi connectivity index (χ3v) is 4.71. The predicted octanol–water partition coefficient (Wildman–Crippen LogP) is 4.63. The van der Waals surface area contributed by atoms with E-state index in [1.165, 1.54) is 0 Å². The summed E-state index contributed by atoms with van der Waals surface area (Å²) in [5, 5.41) is 12.1. The number of hydrogen-bond donors (Lipinski definition) is 1. The molecule has 0 saturated carbocycles. The van der Waals surface area contributed by atoms with Crippen LogP contribution in [0.15, 0.2) is 48.5 Å². The number of ether oxygens (including phenoxy) is 3. The molecule has 25 heavy (non-hydrogen) atoms. The maximum Gasteiger partial charge on any atom is 0.185 e. The van der Waals surface area contributed by atoms with Crippen molar-refractivity contribution in [3.05, 3.63) is 70.8 Å². The van der Waals surface area contributed by atoms with Gasteiger partial charge in [-0.15, -0.1) is 0 Å². The van der Waals surface area contributed by atoms with Gasteiger partial charge in [0.25, 0.3) is 0 Å². The SMILES string of the molecule is COc1cccc2c1[C@H](c1ccc3cc(C)cc(O)c3c1)O[C@H]2OC. The standard InChI is InChI=1S/C21H20O4/c1-12-9-13-7-8-14(11-16(13)17(22)10-12)20-19-15(21(24-3)25-20)5-4-6-18(19)23-2/h4-11,20-22H,1-3H3/t20-,21+/m0/s1. The van der Waals surface area contributed by atoms with E-state index in [0.29, 0.717) is 0 Å². The molecule has 128 valence electrons. The van der Waals surface area contributed by atoms with Gasteiger partial charge in [-0.05, 0) is 41.6 Å². The molecule has 3 aromatic carbocycles. The second-order valence-electron chi connectivity index (χ2n) is 6.31. The molecule has 0 aliphatic carbocycles. The Balaban J connectivity index is 1.88. The third kappa shape index (κ3) is 2.54. The average Bonchev–Trinajstić information content (AvgIpc) is 3.00. The number of fused-ring (bicyclic) bond motifs is 2. The fraction of sp³-hybridized carbons (Fsp3) is 0.238. The maximum atomic E-state index is 10.3. The van der Waals surface area contributed by atoms with Gasteiger partial charge in [-0.1, -0.05) is 30.3 Å². The molecule has 4 nitrogen and oxygen atoms in total. The summed E-state index contributed by atoms with van der Waals surface area (Å²) in [4.78, 5) is 0. The minimum atomic E-state index is -0.433. The quantitative estimate of drug-likeness (QED) is 0.758.